The molecular formula is C27H33Cl2NO6S. The van der Waals surface area contributed by atoms with Crippen LogP contribution in [0.3, 0.4) is 0 Å². The summed E-state index contributed by atoms with van der Waals surface area (Å²) >= 11 is 12.4. The molecule has 5 atom stereocenters. The lowest BCUT2D eigenvalue weighted by molar-refractivity contribution is -0.183. The lowest BCUT2D eigenvalue weighted by atomic mass is 9.89. The van der Waals surface area contributed by atoms with E-state index in [0.29, 0.717) is 27.6 Å². The number of hydrogen-bond acceptors (Lipinski definition) is 5. The maximum atomic E-state index is 13.9. The summed E-state index contributed by atoms with van der Waals surface area (Å²) in [5.74, 6) is -1.76. The van der Waals surface area contributed by atoms with E-state index in [1.165, 1.54) is 4.90 Å². The number of carboxylic acids is 1. The molecular weight excluding hydrogens is 537 g/mol. The number of carboxylic acid groups (broad SMARTS) is 1. The standard InChI is InChI=1S/C27H33Cl2NO6S/c1-6-21(16(2)37(34,35)27(3,4)5)30-24(17-10-12-19(28)13-11-17)25(18-8-7-9-20(29)14-18)36-22(26(30)33)15-23(31)32/h7-14,16,21-22,24-25H,6,15H2,1-5H3,(H,31,32)/t16-,21?,22+,24-,25-/m1/s1. The number of rotatable bonds is 8. The number of ether oxygens (including phenoxy) is 1. The highest BCUT2D eigenvalue weighted by atomic mass is 35.5. The predicted octanol–water partition coefficient (Wildman–Crippen LogP) is 5.86. The Morgan fingerprint density at radius 2 is 1.70 bits per heavy atom. The summed E-state index contributed by atoms with van der Waals surface area (Å²) in [6.45, 7) is 8.32. The van der Waals surface area contributed by atoms with Crippen LogP contribution in [-0.4, -0.2) is 52.4 Å². The number of sulfone groups is 1. The van der Waals surface area contributed by atoms with Gasteiger partial charge in [0.15, 0.2) is 9.84 Å². The molecule has 7 nitrogen and oxygen atoms in total. The fourth-order valence-electron chi connectivity index (χ4n) is 4.88. The molecule has 0 aromatic heterocycles. The molecule has 1 fully saturated rings. The molecule has 0 saturated carbocycles. The first-order valence-electron chi connectivity index (χ1n) is 12.1. The van der Waals surface area contributed by atoms with Crippen molar-refractivity contribution in [2.75, 3.05) is 0 Å². The van der Waals surface area contributed by atoms with Crippen LogP contribution in [0.4, 0.5) is 0 Å². The van der Waals surface area contributed by atoms with Crippen LogP contribution in [0, 0.1) is 0 Å². The first-order valence-corrected chi connectivity index (χ1v) is 14.4. The van der Waals surface area contributed by atoms with E-state index >= 15 is 0 Å². The third-order valence-corrected chi connectivity index (χ3v) is 10.3. The van der Waals surface area contributed by atoms with Crippen LogP contribution in [0.1, 0.15) is 70.7 Å². The van der Waals surface area contributed by atoms with E-state index in [0.717, 1.165) is 0 Å². The van der Waals surface area contributed by atoms with Gasteiger partial charge in [0.25, 0.3) is 5.91 Å². The zero-order valence-electron chi connectivity index (χ0n) is 21.5. The van der Waals surface area contributed by atoms with Crippen molar-refractivity contribution in [1.82, 2.24) is 4.90 Å². The van der Waals surface area contributed by atoms with Crippen molar-refractivity contribution in [3.8, 4) is 0 Å². The van der Waals surface area contributed by atoms with Crippen molar-refractivity contribution in [3.63, 3.8) is 0 Å². The average molecular weight is 571 g/mol. The maximum absolute atomic E-state index is 13.9. The van der Waals surface area contributed by atoms with E-state index in [9.17, 15) is 23.1 Å². The van der Waals surface area contributed by atoms with Crippen LogP contribution >= 0.6 is 23.2 Å². The third-order valence-electron chi connectivity index (χ3n) is 6.84. The van der Waals surface area contributed by atoms with Crippen molar-refractivity contribution >= 4 is 44.9 Å². The largest absolute Gasteiger partial charge is 0.481 e. The maximum Gasteiger partial charge on any atom is 0.306 e. The number of nitrogens with zero attached hydrogens (tertiary/aromatic N) is 1. The topological polar surface area (TPSA) is 101 Å². The molecule has 0 spiro atoms. The Bertz CT molecular complexity index is 1240. The highest BCUT2D eigenvalue weighted by Crippen LogP contribution is 2.45. The van der Waals surface area contributed by atoms with Gasteiger partial charge in [0.1, 0.15) is 12.2 Å². The Morgan fingerprint density at radius 1 is 1.08 bits per heavy atom. The summed E-state index contributed by atoms with van der Waals surface area (Å²) in [5.41, 5.74) is 1.32. The van der Waals surface area contributed by atoms with Gasteiger partial charge in [-0.15, -0.1) is 0 Å². The lowest BCUT2D eigenvalue weighted by Gasteiger charge is -2.49. The molecule has 0 radical (unpaired) electrons. The first kappa shape index (κ1) is 29.4. The number of hydrogen-bond donors (Lipinski definition) is 1. The minimum Gasteiger partial charge on any atom is -0.481 e. The van der Waals surface area contributed by atoms with Crippen LogP contribution in [0.25, 0.3) is 0 Å². The molecule has 202 valence electrons. The minimum atomic E-state index is -3.70. The van der Waals surface area contributed by atoms with Crippen LogP contribution < -0.4 is 0 Å². The van der Waals surface area contributed by atoms with Crippen LogP contribution in [0.5, 0.6) is 0 Å². The highest BCUT2D eigenvalue weighted by Gasteiger charge is 2.50. The van der Waals surface area contributed by atoms with Gasteiger partial charge in [0.2, 0.25) is 0 Å². The minimum absolute atomic E-state index is 0.328. The van der Waals surface area contributed by atoms with E-state index in [-0.39, 0.29) is 0 Å². The molecule has 0 aliphatic carbocycles. The molecule has 1 unspecified atom stereocenters. The van der Waals surface area contributed by atoms with Crippen molar-refractivity contribution in [3.05, 3.63) is 69.7 Å². The van der Waals surface area contributed by atoms with Gasteiger partial charge in [0.05, 0.1) is 22.5 Å². The SMILES string of the molecule is CCC([C@@H](C)S(=O)(=O)C(C)(C)C)N1C(=O)[C@H](CC(=O)O)O[C@H](c2cccc(Cl)c2)[C@H]1c1ccc(Cl)cc1. The molecule has 1 saturated heterocycles. The Balaban J connectivity index is 2.26. The van der Waals surface area contributed by atoms with Crippen LogP contribution in [-0.2, 0) is 24.2 Å². The first-order chi connectivity index (χ1) is 17.2. The van der Waals surface area contributed by atoms with Crippen LogP contribution in [0.15, 0.2) is 48.5 Å². The monoisotopic (exact) mass is 569 g/mol. The molecule has 1 aliphatic heterocycles. The summed E-state index contributed by atoms with van der Waals surface area (Å²) < 4.78 is 32.2. The molecule has 1 N–H and O–H groups in total. The zero-order chi connectivity index (χ0) is 27.7. The van der Waals surface area contributed by atoms with E-state index in [4.69, 9.17) is 27.9 Å². The second-order valence-electron chi connectivity index (χ2n) is 10.3. The highest BCUT2D eigenvalue weighted by molar-refractivity contribution is 7.93. The Hall–Kier alpha value is -2.13. The van der Waals surface area contributed by atoms with Gasteiger partial charge in [-0.05, 0) is 69.5 Å². The molecule has 1 aliphatic rings. The molecule has 10 heteroatoms. The van der Waals surface area contributed by atoms with Gasteiger partial charge in [-0.2, -0.15) is 0 Å². The van der Waals surface area contributed by atoms with Crippen molar-refractivity contribution in [2.45, 2.75) is 81.7 Å². The number of halogens is 2. The van der Waals surface area contributed by atoms with Gasteiger partial charge in [-0.3, -0.25) is 9.59 Å². The lowest BCUT2D eigenvalue weighted by Crippen LogP contribution is -2.59. The van der Waals surface area contributed by atoms with Crippen molar-refractivity contribution in [2.24, 2.45) is 0 Å². The zero-order valence-corrected chi connectivity index (χ0v) is 23.8. The van der Waals surface area contributed by atoms with E-state index in [1.54, 1.807) is 76.2 Å². The van der Waals surface area contributed by atoms with Crippen LogP contribution in [0.2, 0.25) is 10.0 Å². The molecule has 2 aromatic carbocycles. The van der Waals surface area contributed by atoms with Crippen molar-refractivity contribution in [1.29, 1.82) is 0 Å². The normalized spacial score (nSPS) is 22.5. The number of morpholine rings is 1. The van der Waals surface area contributed by atoms with Gasteiger partial charge in [-0.1, -0.05) is 54.4 Å². The molecule has 0 bridgehead atoms. The number of carbonyl (C=O) groups excluding carboxylic acids is 1. The summed E-state index contributed by atoms with van der Waals surface area (Å²) in [5, 5.41) is 9.56. The summed E-state index contributed by atoms with van der Waals surface area (Å²) in [7, 11) is -3.70. The van der Waals surface area contributed by atoms with Gasteiger partial charge in [-0.25, -0.2) is 8.42 Å². The number of aliphatic carboxylic acids is 1. The quantitative estimate of drug-likeness (QED) is 0.427. The third kappa shape index (κ3) is 6.14. The summed E-state index contributed by atoms with van der Waals surface area (Å²) in [6, 6.07) is 12.4. The van der Waals surface area contributed by atoms with E-state index < -0.39 is 62.4 Å². The number of carbonyl (C=O) groups is 2. The Kier molecular flexibility index (Phi) is 9.00. The second-order valence-corrected chi connectivity index (χ2v) is 14.2. The number of amides is 1. The van der Waals surface area contributed by atoms with Crippen molar-refractivity contribution < 1.29 is 27.9 Å². The smallest absolute Gasteiger partial charge is 0.306 e. The molecule has 1 amide bonds. The molecule has 37 heavy (non-hydrogen) atoms. The summed E-state index contributed by atoms with van der Waals surface area (Å²) in [6.07, 6.45) is -2.34. The van der Waals surface area contributed by atoms with E-state index in [2.05, 4.69) is 0 Å². The fraction of sp³-hybridized carbons (Fsp3) is 0.481. The molecule has 3 rings (SSSR count). The molecule has 1 heterocycles. The Labute approximate surface area is 228 Å². The van der Waals surface area contributed by atoms with Gasteiger partial charge >= 0.3 is 5.97 Å². The van der Waals surface area contributed by atoms with Gasteiger partial charge in [0, 0.05) is 16.1 Å². The Morgan fingerprint density at radius 3 is 2.22 bits per heavy atom. The second kappa shape index (κ2) is 11.3. The summed E-state index contributed by atoms with van der Waals surface area (Å²) in [4.78, 5) is 27.1. The average Bonchev–Trinajstić information content (AvgIpc) is 2.81. The molecule has 2 aromatic rings. The number of benzene rings is 2. The predicted molar refractivity (Wildman–Crippen MR) is 145 cm³/mol. The van der Waals surface area contributed by atoms with Gasteiger partial charge < -0.3 is 14.7 Å². The van der Waals surface area contributed by atoms with E-state index in [1.807, 2.05) is 6.92 Å². The fourth-order valence-corrected chi connectivity index (χ4v) is 7.06.